The van der Waals surface area contributed by atoms with Crippen LogP contribution in [0.15, 0.2) is 0 Å². The van der Waals surface area contributed by atoms with E-state index >= 15 is 0 Å². The molecule has 2 atom stereocenters. The van der Waals surface area contributed by atoms with Crippen molar-refractivity contribution in [2.75, 3.05) is 39.3 Å². The molecule has 4 amide bonds. The lowest BCUT2D eigenvalue weighted by Crippen LogP contribution is -2.43. The van der Waals surface area contributed by atoms with Crippen molar-refractivity contribution in [1.29, 1.82) is 0 Å². The predicted molar refractivity (Wildman–Crippen MR) is 93.9 cm³/mol. The molecule has 2 saturated heterocycles. The number of nitrogens with zero attached hydrogens (tertiary/aromatic N) is 2. The molecule has 2 N–H and O–H groups in total. The SMILES string of the molecule is O=C(NC[C@H]1CCC[C@@H](CNC(=O)N2CCCC2)C1)N1CCCC1. The van der Waals surface area contributed by atoms with E-state index in [9.17, 15) is 9.59 Å². The van der Waals surface area contributed by atoms with Gasteiger partial charge in [0.1, 0.15) is 0 Å². The fourth-order valence-electron chi connectivity index (χ4n) is 4.30. The summed E-state index contributed by atoms with van der Waals surface area (Å²) in [4.78, 5) is 28.0. The standard InChI is InChI=1S/C18H32N4O2/c23-17(21-8-1-2-9-21)19-13-15-6-5-7-16(12-15)14-20-18(24)22-10-3-4-11-22/h15-16H,1-14H2,(H,19,23)(H,20,24)/t15-,16+. The molecule has 3 rings (SSSR count). The Morgan fingerprint density at radius 3 is 1.54 bits per heavy atom. The summed E-state index contributed by atoms with van der Waals surface area (Å²) in [7, 11) is 0. The van der Waals surface area contributed by atoms with Gasteiger partial charge >= 0.3 is 12.1 Å². The monoisotopic (exact) mass is 336 g/mol. The second-order valence-electron chi connectivity index (χ2n) is 7.66. The Kier molecular flexibility index (Phi) is 6.21. The highest BCUT2D eigenvalue weighted by Crippen LogP contribution is 2.28. The summed E-state index contributed by atoms with van der Waals surface area (Å²) in [5.41, 5.74) is 0. The number of likely N-dealkylation sites (tertiary alicyclic amines) is 2. The van der Waals surface area contributed by atoms with Gasteiger partial charge in [-0.15, -0.1) is 0 Å². The first-order valence-corrected chi connectivity index (χ1v) is 9.78. The van der Waals surface area contributed by atoms with Crippen LogP contribution in [0.2, 0.25) is 0 Å². The summed E-state index contributed by atoms with van der Waals surface area (Å²) in [6, 6.07) is 0.217. The zero-order chi connectivity index (χ0) is 16.8. The van der Waals surface area contributed by atoms with Crippen LogP contribution in [-0.2, 0) is 0 Å². The fraction of sp³-hybridized carbons (Fsp3) is 0.889. The van der Waals surface area contributed by atoms with Crippen LogP contribution in [-0.4, -0.2) is 61.1 Å². The van der Waals surface area contributed by atoms with E-state index in [1.807, 2.05) is 9.80 Å². The van der Waals surface area contributed by atoms with Crippen molar-refractivity contribution in [2.24, 2.45) is 11.8 Å². The summed E-state index contributed by atoms with van der Waals surface area (Å²) >= 11 is 0. The van der Waals surface area contributed by atoms with Gasteiger partial charge in [-0.3, -0.25) is 0 Å². The minimum absolute atomic E-state index is 0.108. The molecule has 1 aliphatic carbocycles. The third-order valence-electron chi connectivity index (χ3n) is 5.76. The summed E-state index contributed by atoms with van der Waals surface area (Å²) in [5.74, 6) is 1.11. The molecule has 0 aromatic carbocycles. The van der Waals surface area contributed by atoms with Crippen LogP contribution in [0.1, 0.15) is 51.4 Å². The second kappa shape index (κ2) is 8.58. The van der Waals surface area contributed by atoms with Crippen molar-refractivity contribution in [3.8, 4) is 0 Å². The van der Waals surface area contributed by atoms with Crippen molar-refractivity contribution in [3.63, 3.8) is 0 Å². The van der Waals surface area contributed by atoms with E-state index < -0.39 is 0 Å². The lowest BCUT2D eigenvalue weighted by Gasteiger charge is -2.30. The molecule has 1 saturated carbocycles. The van der Waals surface area contributed by atoms with Gasteiger partial charge in [-0.25, -0.2) is 9.59 Å². The van der Waals surface area contributed by atoms with Crippen LogP contribution in [0.4, 0.5) is 9.59 Å². The van der Waals surface area contributed by atoms with Crippen LogP contribution in [0.3, 0.4) is 0 Å². The molecule has 136 valence electrons. The first-order valence-electron chi connectivity index (χ1n) is 9.78. The van der Waals surface area contributed by atoms with Gasteiger partial charge < -0.3 is 20.4 Å². The van der Waals surface area contributed by atoms with Crippen LogP contribution >= 0.6 is 0 Å². The number of urea groups is 2. The van der Waals surface area contributed by atoms with E-state index in [4.69, 9.17) is 0 Å². The van der Waals surface area contributed by atoms with E-state index in [0.717, 1.165) is 71.4 Å². The van der Waals surface area contributed by atoms with Crippen molar-refractivity contribution < 1.29 is 9.59 Å². The molecule has 3 fully saturated rings. The number of amides is 4. The van der Waals surface area contributed by atoms with E-state index in [0.29, 0.717) is 11.8 Å². The molecule has 6 heteroatoms. The van der Waals surface area contributed by atoms with Gasteiger partial charge in [-0.2, -0.15) is 0 Å². The van der Waals surface area contributed by atoms with E-state index in [1.54, 1.807) is 0 Å². The lowest BCUT2D eigenvalue weighted by atomic mass is 9.81. The quantitative estimate of drug-likeness (QED) is 0.828. The van der Waals surface area contributed by atoms with Gasteiger partial charge in [0.2, 0.25) is 0 Å². The third-order valence-corrected chi connectivity index (χ3v) is 5.76. The summed E-state index contributed by atoms with van der Waals surface area (Å²) in [6.07, 6.45) is 9.24. The molecule has 0 aromatic heterocycles. The largest absolute Gasteiger partial charge is 0.338 e. The highest BCUT2D eigenvalue weighted by atomic mass is 16.2. The zero-order valence-electron chi connectivity index (χ0n) is 14.8. The highest BCUT2D eigenvalue weighted by molar-refractivity contribution is 5.74. The summed E-state index contributed by atoms with van der Waals surface area (Å²) in [6.45, 7) is 5.18. The minimum Gasteiger partial charge on any atom is -0.338 e. The molecule has 0 bridgehead atoms. The molecule has 0 spiro atoms. The lowest BCUT2D eigenvalue weighted by molar-refractivity contribution is 0.195. The Labute approximate surface area is 145 Å². The Hall–Kier alpha value is -1.46. The average molecular weight is 336 g/mol. The Morgan fingerprint density at radius 1 is 0.708 bits per heavy atom. The van der Waals surface area contributed by atoms with Crippen molar-refractivity contribution >= 4 is 12.1 Å². The van der Waals surface area contributed by atoms with Gasteiger partial charge in [0.05, 0.1) is 0 Å². The van der Waals surface area contributed by atoms with Gasteiger partial charge in [-0.1, -0.05) is 6.42 Å². The molecule has 0 radical (unpaired) electrons. The van der Waals surface area contributed by atoms with Gasteiger partial charge in [0.25, 0.3) is 0 Å². The van der Waals surface area contributed by atoms with E-state index in [2.05, 4.69) is 10.6 Å². The maximum atomic E-state index is 12.1. The molecule has 0 unspecified atom stereocenters. The van der Waals surface area contributed by atoms with Crippen molar-refractivity contribution in [1.82, 2.24) is 20.4 Å². The fourth-order valence-corrected chi connectivity index (χ4v) is 4.30. The molecule has 0 aromatic rings. The Bertz CT molecular complexity index is 393. The molecular formula is C18H32N4O2. The Balaban J connectivity index is 1.34. The minimum atomic E-state index is 0.108. The number of nitrogens with one attached hydrogen (secondary N) is 2. The van der Waals surface area contributed by atoms with Crippen LogP contribution < -0.4 is 10.6 Å². The van der Waals surface area contributed by atoms with E-state index in [-0.39, 0.29) is 12.1 Å². The van der Waals surface area contributed by atoms with E-state index in [1.165, 1.54) is 19.3 Å². The van der Waals surface area contributed by atoms with Gasteiger partial charge in [-0.05, 0) is 56.8 Å². The number of rotatable bonds is 4. The molecule has 24 heavy (non-hydrogen) atoms. The number of carbonyl (C=O) groups is 2. The summed E-state index contributed by atoms with van der Waals surface area (Å²) in [5, 5.41) is 6.23. The normalized spacial score (nSPS) is 27.3. The Morgan fingerprint density at radius 2 is 1.12 bits per heavy atom. The summed E-state index contributed by atoms with van der Waals surface area (Å²) < 4.78 is 0. The van der Waals surface area contributed by atoms with Crippen molar-refractivity contribution in [2.45, 2.75) is 51.4 Å². The second-order valence-corrected chi connectivity index (χ2v) is 7.66. The maximum absolute atomic E-state index is 12.1. The third kappa shape index (κ3) is 4.77. The topological polar surface area (TPSA) is 64.7 Å². The first-order chi connectivity index (χ1) is 11.7. The van der Waals surface area contributed by atoms with Crippen LogP contribution in [0.5, 0.6) is 0 Å². The van der Waals surface area contributed by atoms with Gasteiger partial charge in [0.15, 0.2) is 0 Å². The zero-order valence-corrected chi connectivity index (χ0v) is 14.8. The average Bonchev–Trinajstić information content (AvgIpc) is 3.31. The molecule has 2 aliphatic heterocycles. The predicted octanol–water partition coefficient (Wildman–Crippen LogP) is 2.40. The van der Waals surface area contributed by atoms with Gasteiger partial charge in [0, 0.05) is 39.3 Å². The molecule has 3 aliphatic rings. The molecule has 6 nitrogen and oxygen atoms in total. The highest BCUT2D eigenvalue weighted by Gasteiger charge is 2.25. The van der Waals surface area contributed by atoms with Crippen LogP contribution in [0, 0.1) is 11.8 Å². The first kappa shape index (κ1) is 17.4. The molecule has 2 heterocycles. The number of carbonyl (C=O) groups excluding carboxylic acids is 2. The van der Waals surface area contributed by atoms with Crippen molar-refractivity contribution in [3.05, 3.63) is 0 Å². The number of hydrogen-bond donors (Lipinski definition) is 2. The smallest absolute Gasteiger partial charge is 0.317 e. The number of hydrogen-bond acceptors (Lipinski definition) is 2. The molecular weight excluding hydrogens is 304 g/mol. The van der Waals surface area contributed by atoms with Crippen LogP contribution in [0.25, 0.3) is 0 Å². The maximum Gasteiger partial charge on any atom is 0.317 e.